The minimum Gasteiger partial charge on any atom is -0.481 e. The first-order valence-electron chi connectivity index (χ1n) is 24.3. The second-order valence-corrected chi connectivity index (χ2v) is 18.6. The number of carboxylic acid groups (broad SMARTS) is 2. The summed E-state index contributed by atoms with van der Waals surface area (Å²) in [7, 11) is 0. The first kappa shape index (κ1) is 51.6. The molecule has 8 rings (SSSR count). The minimum atomic E-state index is -1.65. The smallest absolute Gasteiger partial charge is 0.326 e. The van der Waals surface area contributed by atoms with E-state index in [0.29, 0.717) is 23.1 Å². The zero-order valence-electron chi connectivity index (χ0n) is 40.4. The van der Waals surface area contributed by atoms with E-state index in [9.17, 15) is 48.6 Å². The van der Waals surface area contributed by atoms with Crippen molar-refractivity contribution < 1.29 is 48.6 Å². The van der Waals surface area contributed by atoms with Crippen LogP contribution in [0.2, 0.25) is 0 Å². The Morgan fingerprint density at radius 3 is 1.61 bits per heavy atom. The summed E-state index contributed by atoms with van der Waals surface area (Å²) in [6.07, 6.45) is 4.86. The second-order valence-electron chi connectivity index (χ2n) is 18.6. The normalized spacial score (nSPS) is 15.9. The first-order valence-corrected chi connectivity index (χ1v) is 24.3. The van der Waals surface area contributed by atoms with E-state index in [1.807, 2.05) is 72.8 Å². The number of hydrogen-bond acceptors (Lipinski definition) is 9. The molecule has 1 aliphatic rings. The van der Waals surface area contributed by atoms with E-state index in [2.05, 4.69) is 41.5 Å². The highest BCUT2D eigenvalue weighted by Crippen LogP contribution is 2.25. The van der Waals surface area contributed by atoms with Crippen LogP contribution >= 0.6 is 0 Å². The SMILES string of the molecule is CC(NC(=O)C(Cc1ccccc1)NC(=O)C(CC(=O)O)NC(=O)C(N)Cc1c[nH]c2ccccc12)C(=O)NC(Cc1c[nH]c2ccccc12)C(=O)N1CCCC1C(=O)NC(Cc1c[nH]c2ccccc12)C(=O)O. The molecule has 1 saturated heterocycles. The fraction of sp³-hybridized carbons (Fsp3) is 0.296. The van der Waals surface area contributed by atoms with Gasteiger partial charge < -0.3 is 62.4 Å². The molecule has 0 aliphatic carbocycles. The number of aliphatic carboxylic acids is 2. The number of para-hydroxylation sites is 3. The van der Waals surface area contributed by atoms with Crippen molar-refractivity contribution in [3.8, 4) is 0 Å². The van der Waals surface area contributed by atoms with Crippen LogP contribution in [0.3, 0.4) is 0 Å². The molecule has 0 bridgehead atoms. The number of nitrogens with one attached hydrogen (secondary N) is 8. The predicted molar refractivity (Wildman–Crippen MR) is 274 cm³/mol. The van der Waals surface area contributed by atoms with Crippen molar-refractivity contribution in [3.05, 3.63) is 144 Å². The van der Waals surface area contributed by atoms with Crippen LogP contribution in [-0.4, -0.2) is 126 Å². The van der Waals surface area contributed by atoms with Crippen molar-refractivity contribution in [2.24, 2.45) is 5.73 Å². The maximum Gasteiger partial charge on any atom is 0.326 e. The van der Waals surface area contributed by atoms with Crippen molar-refractivity contribution in [1.82, 2.24) is 46.4 Å². The first-order chi connectivity index (χ1) is 35.6. The molecular formula is C54H58N10O10. The lowest BCUT2D eigenvalue weighted by Gasteiger charge is -2.30. The van der Waals surface area contributed by atoms with Crippen LogP contribution < -0.4 is 32.3 Å². The lowest BCUT2D eigenvalue weighted by atomic mass is 10.0. The summed E-state index contributed by atoms with van der Waals surface area (Å²) in [6, 6.07) is 21.6. The molecule has 20 nitrogen and oxygen atoms in total. The van der Waals surface area contributed by atoms with Gasteiger partial charge in [-0.15, -0.1) is 0 Å². The van der Waals surface area contributed by atoms with E-state index in [1.165, 1.54) is 11.8 Å². The summed E-state index contributed by atoms with van der Waals surface area (Å²) >= 11 is 0. The van der Waals surface area contributed by atoms with Crippen molar-refractivity contribution in [2.45, 2.75) is 94.2 Å². The van der Waals surface area contributed by atoms with E-state index in [4.69, 9.17) is 5.73 Å². The third-order valence-electron chi connectivity index (χ3n) is 13.4. The molecule has 74 heavy (non-hydrogen) atoms. The molecule has 12 N–H and O–H groups in total. The summed E-state index contributed by atoms with van der Waals surface area (Å²) in [5.41, 5.74) is 11.4. The van der Waals surface area contributed by atoms with Gasteiger partial charge in [0, 0.05) is 77.1 Å². The van der Waals surface area contributed by atoms with Crippen LogP contribution in [0.4, 0.5) is 0 Å². The van der Waals surface area contributed by atoms with Crippen LogP contribution in [0, 0.1) is 0 Å². The van der Waals surface area contributed by atoms with Crippen LogP contribution in [0.25, 0.3) is 32.7 Å². The van der Waals surface area contributed by atoms with Gasteiger partial charge in [0.05, 0.1) is 12.5 Å². The number of hydrogen-bond donors (Lipinski definition) is 11. The molecular weight excluding hydrogens is 949 g/mol. The van der Waals surface area contributed by atoms with E-state index in [1.54, 1.807) is 48.9 Å². The average Bonchev–Trinajstić information content (AvgIpc) is 4.22. The summed E-state index contributed by atoms with van der Waals surface area (Å²) < 4.78 is 0. The Morgan fingerprint density at radius 1 is 0.568 bits per heavy atom. The number of H-pyrrole nitrogens is 3. The summed E-state index contributed by atoms with van der Waals surface area (Å²) in [5.74, 6) is -7.34. The molecule has 3 aromatic heterocycles. The van der Waals surface area contributed by atoms with Crippen LogP contribution in [0.5, 0.6) is 0 Å². The van der Waals surface area contributed by atoms with Gasteiger partial charge in [0.2, 0.25) is 35.4 Å². The third kappa shape index (κ3) is 12.3. The predicted octanol–water partition coefficient (Wildman–Crippen LogP) is 2.72. The van der Waals surface area contributed by atoms with Crippen molar-refractivity contribution in [2.75, 3.05) is 6.54 Å². The molecule has 7 aromatic rings. The van der Waals surface area contributed by atoms with E-state index in [0.717, 1.165) is 38.3 Å². The summed E-state index contributed by atoms with van der Waals surface area (Å²) in [4.78, 5) is 120. The zero-order chi connectivity index (χ0) is 52.5. The number of aromatic amines is 3. The molecule has 1 fully saturated rings. The number of rotatable bonds is 22. The standard InChI is InChI=1S/C54H58N10O10/c1-30(59-50(69)42(22-31-12-3-2-4-13-31)61-51(70)43(26-47(65)66)60-49(68)38(55)23-32-27-56-39-17-8-5-14-35(32)39)48(67)62-44(24-33-28-57-40-18-9-6-15-36(33)40)53(72)64-21-11-20-46(64)52(71)63-45(54(73)74)25-34-29-58-41-19-10-7-16-37(34)41/h2-10,12-19,27-30,38,42-46,56-58H,11,20-26,55H2,1H3,(H,59,69)(H,60,68)(H,61,70)(H,62,67)(H,63,71)(H,65,66)(H,73,74). The molecule has 20 heteroatoms. The second kappa shape index (κ2) is 23.2. The highest BCUT2D eigenvalue weighted by atomic mass is 16.4. The molecule has 7 atom stereocenters. The van der Waals surface area contributed by atoms with E-state index < -0.39 is 96.1 Å². The Morgan fingerprint density at radius 2 is 1.05 bits per heavy atom. The highest BCUT2D eigenvalue weighted by molar-refractivity contribution is 5.99. The van der Waals surface area contributed by atoms with Gasteiger partial charge >= 0.3 is 11.9 Å². The lowest BCUT2D eigenvalue weighted by molar-refractivity contribution is -0.145. The minimum absolute atomic E-state index is 0.0220. The summed E-state index contributed by atoms with van der Waals surface area (Å²) in [6.45, 7) is 1.53. The van der Waals surface area contributed by atoms with Gasteiger partial charge in [-0.05, 0) is 66.6 Å². The van der Waals surface area contributed by atoms with Gasteiger partial charge in [-0.3, -0.25) is 33.6 Å². The van der Waals surface area contributed by atoms with Crippen molar-refractivity contribution >= 4 is 80.1 Å². The summed E-state index contributed by atoms with van der Waals surface area (Å²) in [5, 5.41) is 35.5. The fourth-order valence-electron chi connectivity index (χ4n) is 9.51. The Balaban J connectivity index is 0.967. The molecule has 6 amide bonds. The lowest BCUT2D eigenvalue weighted by Crippen LogP contribution is -2.60. The van der Waals surface area contributed by atoms with E-state index in [-0.39, 0.29) is 38.6 Å². The van der Waals surface area contributed by atoms with Gasteiger partial charge in [-0.25, -0.2) is 4.79 Å². The average molecular weight is 1010 g/mol. The molecule has 0 saturated carbocycles. The maximum atomic E-state index is 14.7. The number of aromatic nitrogens is 3. The Hall–Kier alpha value is -8.78. The van der Waals surface area contributed by atoms with Crippen LogP contribution in [0.1, 0.15) is 48.4 Å². The van der Waals surface area contributed by atoms with Gasteiger partial charge in [-0.2, -0.15) is 0 Å². The number of carbonyl (C=O) groups excluding carboxylic acids is 6. The van der Waals surface area contributed by atoms with Gasteiger partial charge in [0.25, 0.3) is 0 Å². The number of nitrogens with zero attached hydrogens (tertiary/aromatic N) is 1. The number of benzene rings is 4. The maximum absolute atomic E-state index is 14.7. The number of nitrogens with two attached hydrogens (primary N) is 1. The number of carbonyl (C=O) groups is 8. The van der Waals surface area contributed by atoms with Gasteiger partial charge in [0.1, 0.15) is 36.3 Å². The number of likely N-dealkylation sites (tertiary alicyclic amines) is 1. The molecule has 1 aliphatic heterocycles. The number of carboxylic acids is 2. The van der Waals surface area contributed by atoms with Crippen molar-refractivity contribution in [3.63, 3.8) is 0 Å². The van der Waals surface area contributed by atoms with Gasteiger partial charge in [0.15, 0.2) is 0 Å². The number of amides is 6. The van der Waals surface area contributed by atoms with E-state index >= 15 is 0 Å². The van der Waals surface area contributed by atoms with Crippen LogP contribution in [-0.2, 0) is 64.0 Å². The number of fused-ring (bicyclic) bond motifs is 3. The third-order valence-corrected chi connectivity index (χ3v) is 13.4. The molecule has 4 aromatic carbocycles. The Kier molecular flexibility index (Phi) is 16.2. The molecule has 0 radical (unpaired) electrons. The van der Waals surface area contributed by atoms with Gasteiger partial charge in [-0.1, -0.05) is 84.9 Å². The zero-order valence-corrected chi connectivity index (χ0v) is 40.4. The Bertz CT molecular complexity index is 3200. The molecule has 0 spiro atoms. The van der Waals surface area contributed by atoms with Crippen molar-refractivity contribution in [1.29, 1.82) is 0 Å². The van der Waals surface area contributed by atoms with Crippen LogP contribution in [0.15, 0.2) is 122 Å². The molecule has 7 unspecified atom stereocenters. The largest absolute Gasteiger partial charge is 0.481 e. The molecule has 4 heterocycles. The quantitative estimate of drug-likeness (QED) is 0.0469. The highest BCUT2D eigenvalue weighted by Gasteiger charge is 2.40. The fourth-order valence-corrected chi connectivity index (χ4v) is 9.51. The molecule has 384 valence electrons. The topological polar surface area (TPSA) is 314 Å². The monoisotopic (exact) mass is 1010 g/mol. The Labute approximate surface area is 424 Å².